The maximum atomic E-state index is 13.5. The highest BCUT2D eigenvalue weighted by Gasteiger charge is 2.25. The van der Waals surface area contributed by atoms with Gasteiger partial charge in [-0.2, -0.15) is 5.10 Å². The predicted octanol–water partition coefficient (Wildman–Crippen LogP) is 3.23. The SMILES string of the molecule is Cc1nc(N2CCN(C(=O)c3cccc(F)c3)CC2)c2cnn(-c3ccccc3)c2n1. The van der Waals surface area contributed by atoms with Crippen LogP contribution >= 0.6 is 0 Å². The van der Waals surface area contributed by atoms with Crippen molar-refractivity contribution >= 4 is 22.8 Å². The number of fused-ring (bicyclic) bond motifs is 1. The first kappa shape index (κ1) is 19.2. The van der Waals surface area contributed by atoms with Crippen LogP contribution in [-0.2, 0) is 0 Å². The molecule has 5 rings (SSSR count). The van der Waals surface area contributed by atoms with Gasteiger partial charge in [0.1, 0.15) is 17.5 Å². The van der Waals surface area contributed by atoms with Crippen LogP contribution in [0.25, 0.3) is 16.7 Å². The molecule has 3 heterocycles. The minimum Gasteiger partial charge on any atom is -0.352 e. The Morgan fingerprint density at radius 3 is 2.48 bits per heavy atom. The van der Waals surface area contributed by atoms with E-state index in [1.807, 2.05) is 41.9 Å². The van der Waals surface area contributed by atoms with Crippen molar-refractivity contribution < 1.29 is 9.18 Å². The average Bonchev–Trinajstić information content (AvgIpc) is 3.22. The molecule has 0 saturated carbocycles. The van der Waals surface area contributed by atoms with Gasteiger partial charge in [0.2, 0.25) is 0 Å². The number of halogens is 1. The molecule has 2 aromatic heterocycles. The standard InChI is InChI=1S/C23H21FN6O/c1-16-26-21(20-15-25-30(22(20)27-16)19-8-3-2-4-9-19)28-10-12-29(13-11-28)23(31)17-6-5-7-18(24)14-17/h2-9,14-15H,10-13H2,1H3. The van der Waals surface area contributed by atoms with Crippen molar-refractivity contribution in [1.29, 1.82) is 0 Å². The number of para-hydroxylation sites is 1. The van der Waals surface area contributed by atoms with Crippen LogP contribution in [0.1, 0.15) is 16.2 Å². The topological polar surface area (TPSA) is 67.2 Å². The van der Waals surface area contributed by atoms with Crippen molar-refractivity contribution in [2.24, 2.45) is 0 Å². The fourth-order valence-corrected chi connectivity index (χ4v) is 3.92. The monoisotopic (exact) mass is 416 g/mol. The zero-order valence-corrected chi connectivity index (χ0v) is 17.1. The summed E-state index contributed by atoms with van der Waals surface area (Å²) in [7, 11) is 0. The molecular formula is C23H21FN6O. The predicted molar refractivity (Wildman–Crippen MR) is 116 cm³/mol. The summed E-state index contributed by atoms with van der Waals surface area (Å²) in [6.07, 6.45) is 1.79. The minimum atomic E-state index is -0.404. The third kappa shape index (κ3) is 3.61. The molecule has 1 amide bonds. The highest BCUT2D eigenvalue weighted by atomic mass is 19.1. The number of nitrogens with zero attached hydrogens (tertiary/aromatic N) is 6. The van der Waals surface area contributed by atoms with Crippen molar-refractivity contribution in [3.05, 3.63) is 78.0 Å². The first-order chi connectivity index (χ1) is 15.1. The molecule has 0 atom stereocenters. The van der Waals surface area contributed by atoms with Gasteiger partial charge in [-0.05, 0) is 37.3 Å². The van der Waals surface area contributed by atoms with E-state index in [0.29, 0.717) is 37.6 Å². The summed E-state index contributed by atoms with van der Waals surface area (Å²) in [5.74, 6) is 0.930. The first-order valence-electron chi connectivity index (χ1n) is 10.2. The number of hydrogen-bond donors (Lipinski definition) is 0. The highest BCUT2D eigenvalue weighted by Crippen LogP contribution is 2.26. The van der Waals surface area contributed by atoms with E-state index in [-0.39, 0.29) is 5.91 Å². The Hall–Kier alpha value is -3.81. The largest absolute Gasteiger partial charge is 0.352 e. The maximum Gasteiger partial charge on any atom is 0.254 e. The van der Waals surface area contributed by atoms with Crippen molar-refractivity contribution in [1.82, 2.24) is 24.6 Å². The molecule has 0 unspecified atom stereocenters. The van der Waals surface area contributed by atoms with Crippen molar-refractivity contribution in [2.45, 2.75) is 6.92 Å². The molecule has 1 fully saturated rings. The van der Waals surface area contributed by atoms with Crippen LogP contribution in [0.4, 0.5) is 10.2 Å². The molecular weight excluding hydrogens is 395 g/mol. The van der Waals surface area contributed by atoms with Crippen molar-refractivity contribution in [2.75, 3.05) is 31.1 Å². The second kappa shape index (κ2) is 7.79. The Kier molecular flexibility index (Phi) is 4.82. The van der Waals surface area contributed by atoms with Crippen LogP contribution in [0.15, 0.2) is 60.8 Å². The van der Waals surface area contributed by atoms with Gasteiger partial charge in [0.05, 0.1) is 17.3 Å². The molecule has 4 aromatic rings. The van der Waals surface area contributed by atoms with Crippen molar-refractivity contribution in [3.8, 4) is 5.69 Å². The van der Waals surface area contributed by atoms with Crippen LogP contribution in [0.5, 0.6) is 0 Å². The molecule has 0 spiro atoms. The summed E-state index contributed by atoms with van der Waals surface area (Å²) < 4.78 is 15.3. The van der Waals surface area contributed by atoms with Gasteiger partial charge < -0.3 is 9.80 Å². The molecule has 1 aliphatic heterocycles. The molecule has 0 bridgehead atoms. The number of benzene rings is 2. The Labute approximate surface area is 178 Å². The van der Waals surface area contributed by atoms with Gasteiger partial charge in [0.25, 0.3) is 5.91 Å². The molecule has 0 N–H and O–H groups in total. The molecule has 1 aliphatic rings. The van der Waals surface area contributed by atoms with Crippen LogP contribution < -0.4 is 4.90 Å². The molecule has 8 heteroatoms. The lowest BCUT2D eigenvalue weighted by molar-refractivity contribution is 0.0746. The summed E-state index contributed by atoms with van der Waals surface area (Å²) in [6.45, 7) is 4.20. The van der Waals surface area contributed by atoms with E-state index in [2.05, 4.69) is 20.0 Å². The molecule has 0 radical (unpaired) electrons. The van der Waals surface area contributed by atoms with Gasteiger partial charge in [-0.1, -0.05) is 24.3 Å². The summed E-state index contributed by atoms with van der Waals surface area (Å²) >= 11 is 0. The van der Waals surface area contributed by atoms with E-state index in [4.69, 9.17) is 0 Å². The van der Waals surface area contributed by atoms with E-state index in [0.717, 1.165) is 22.5 Å². The van der Waals surface area contributed by atoms with Gasteiger partial charge in [0.15, 0.2) is 5.65 Å². The van der Waals surface area contributed by atoms with Crippen LogP contribution in [0, 0.1) is 12.7 Å². The normalized spacial score (nSPS) is 14.3. The third-order valence-corrected chi connectivity index (χ3v) is 5.46. The average molecular weight is 416 g/mol. The maximum absolute atomic E-state index is 13.5. The Bertz CT molecular complexity index is 1250. The zero-order valence-electron chi connectivity index (χ0n) is 17.1. The van der Waals surface area contributed by atoms with Crippen LogP contribution in [-0.4, -0.2) is 56.7 Å². The number of anilines is 1. The smallest absolute Gasteiger partial charge is 0.254 e. The number of carbonyl (C=O) groups excluding carboxylic acids is 1. The Balaban J connectivity index is 1.40. The number of amides is 1. The third-order valence-electron chi connectivity index (χ3n) is 5.46. The molecule has 0 aliphatic carbocycles. The van der Waals surface area contributed by atoms with Gasteiger partial charge in [-0.25, -0.2) is 19.0 Å². The van der Waals surface area contributed by atoms with Gasteiger partial charge >= 0.3 is 0 Å². The minimum absolute atomic E-state index is 0.153. The Morgan fingerprint density at radius 2 is 1.74 bits per heavy atom. The molecule has 7 nitrogen and oxygen atoms in total. The summed E-state index contributed by atoms with van der Waals surface area (Å²) in [5.41, 5.74) is 2.07. The van der Waals surface area contributed by atoms with Crippen molar-refractivity contribution in [3.63, 3.8) is 0 Å². The summed E-state index contributed by atoms with van der Waals surface area (Å²) in [4.78, 5) is 25.9. The van der Waals surface area contributed by atoms with E-state index in [9.17, 15) is 9.18 Å². The van der Waals surface area contributed by atoms with Gasteiger partial charge in [-0.15, -0.1) is 0 Å². The first-order valence-corrected chi connectivity index (χ1v) is 10.2. The lowest BCUT2D eigenvalue weighted by Crippen LogP contribution is -2.49. The number of hydrogen-bond acceptors (Lipinski definition) is 5. The van der Waals surface area contributed by atoms with Gasteiger partial charge in [-0.3, -0.25) is 4.79 Å². The van der Waals surface area contributed by atoms with E-state index >= 15 is 0 Å². The summed E-state index contributed by atoms with van der Waals surface area (Å²) in [5, 5.41) is 5.42. The number of rotatable bonds is 3. The lowest BCUT2D eigenvalue weighted by Gasteiger charge is -2.35. The van der Waals surface area contributed by atoms with Crippen LogP contribution in [0.3, 0.4) is 0 Å². The van der Waals surface area contributed by atoms with Crippen LogP contribution in [0.2, 0.25) is 0 Å². The molecule has 2 aromatic carbocycles. The Morgan fingerprint density at radius 1 is 0.968 bits per heavy atom. The quantitative estimate of drug-likeness (QED) is 0.513. The van der Waals surface area contributed by atoms with E-state index < -0.39 is 5.82 Å². The summed E-state index contributed by atoms with van der Waals surface area (Å²) in [6, 6.07) is 15.7. The van der Waals surface area contributed by atoms with E-state index in [1.165, 1.54) is 12.1 Å². The fourth-order valence-electron chi connectivity index (χ4n) is 3.92. The van der Waals surface area contributed by atoms with E-state index in [1.54, 1.807) is 23.2 Å². The molecule has 1 saturated heterocycles. The number of aryl methyl sites for hydroxylation is 1. The number of carbonyl (C=O) groups is 1. The molecule has 31 heavy (non-hydrogen) atoms. The number of aromatic nitrogens is 4. The molecule has 156 valence electrons. The number of piperazine rings is 1. The second-order valence-electron chi connectivity index (χ2n) is 7.51. The lowest BCUT2D eigenvalue weighted by atomic mass is 10.1. The fraction of sp³-hybridized carbons (Fsp3) is 0.217. The highest BCUT2D eigenvalue weighted by molar-refractivity contribution is 5.94. The second-order valence-corrected chi connectivity index (χ2v) is 7.51. The zero-order chi connectivity index (χ0) is 21.4. The van der Waals surface area contributed by atoms with Gasteiger partial charge in [0, 0.05) is 31.7 Å².